The van der Waals surface area contributed by atoms with Crippen LogP contribution in [-0.2, 0) is 0 Å². The lowest BCUT2D eigenvalue weighted by atomic mass is 9.83. The average molecular weight is 490 g/mol. The molecule has 180 valence electrons. The summed E-state index contributed by atoms with van der Waals surface area (Å²) in [4.78, 5) is 40.4. The van der Waals surface area contributed by atoms with Crippen LogP contribution in [0, 0.1) is 5.82 Å². The van der Waals surface area contributed by atoms with E-state index >= 15 is 0 Å². The summed E-state index contributed by atoms with van der Waals surface area (Å²) < 4.78 is 14.2. The number of carbonyl (C=O) groups excluding carboxylic acids is 3. The number of hydrogen-bond acceptors (Lipinski definition) is 4. The first-order valence-corrected chi connectivity index (χ1v) is 13.1. The fourth-order valence-electron chi connectivity index (χ4n) is 4.29. The number of rotatable bonds is 10. The van der Waals surface area contributed by atoms with Crippen LogP contribution in [0.25, 0.3) is 0 Å². The van der Waals surface area contributed by atoms with Crippen LogP contribution in [0.4, 0.5) is 10.1 Å². The molecule has 1 N–H and O–H groups in total. The summed E-state index contributed by atoms with van der Waals surface area (Å²) in [6, 6.07) is 15.8. The molecule has 0 fully saturated rings. The molecule has 0 heterocycles. The molecule has 0 saturated carbocycles. The predicted octanol–water partition coefficient (Wildman–Crippen LogP) is 7.31. The number of fused-ring (bicyclic) bond motifs is 2. The van der Waals surface area contributed by atoms with E-state index in [4.69, 9.17) is 0 Å². The second-order valence-corrected chi connectivity index (χ2v) is 9.72. The Balaban J connectivity index is 1.67. The zero-order chi connectivity index (χ0) is 24.8. The fraction of sp³-hybridized carbons (Fsp3) is 0.276. The van der Waals surface area contributed by atoms with E-state index < -0.39 is 11.7 Å². The van der Waals surface area contributed by atoms with E-state index in [0.29, 0.717) is 27.3 Å². The Morgan fingerprint density at radius 3 is 2.20 bits per heavy atom. The molecule has 0 aliphatic heterocycles. The Morgan fingerprint density at radius 1 is 0.800 bits per heavy atom. The molecule has 1 aliphatic carbocycles. The van der Waals surface area contributed by atoms with E-state index in [-0.39, 0.29) is 28.4 Å². The van der Waals surface area contributed by atoms with Gasteiger partial charge in [-0.15, -0.1) is 11.8 Å². The summed E-state index contributed by atoms with van der Waals surface area (Å²) in [6.07, 6.45) is 6.74. The summed E-state index contributed by atoms with van der Waals surface area (Å²) >= 11 is 1.42. The van der Waals surface area contributed by atoms with Gasteiger partial charge in [0.2, 0.25) is 0 Å². The van der Waals surface area contributed by atoms with Gasteiger partial charge >= 0.3 is 0 Å². The number of thioether (sulfide) groups is 1. The van der Waals surface area contributed by atoms with Crippen LogP contribution in [0.15, 0.2) is 65.6 Å². The maximum absolute atomic E-state index is 14.2. The van der Waals surface area contributed by atoms with Gasteiger partial charge in [0.25, 0.3) is 5.91 Å². The first kappa shape index (κ1) is 24.9. The molecule has 0 saturated heterocycles. The molecule has 4 nitrogen and oxygen atoms in total. The van der Waals surface area contributed by atoms with Gasteiger partial charge in [0, 0.05) is 27.1 Å². The van der Waals surface area contributed by atoms with Crippen molar-refractivity contribution < 1.29 is 18.8 Å². The summed E-state index contributed by atoms with van der Waals surface area (Å²) in [5.41, 5.74) is 1.63. The molecule has 0 atom stereocenters. The molecule has 0 radical (unpaired) electrons. The van der Waals surface area contributed by atoms with Crippen molar-refractivity contribution in [2.75, 3.05) is 11.1 Å². The lowest BCUT2D eigenvalue weighted by molar-refractivity contribution is 0.0975. The Kier molecular flexibility index (Phi) is 8.13. The van der Waals surface area contributed by atoms with Crippen LogP contribution in [0.5, 0.6) is 0 Å². The van der Waals surface area contributed by atoms with Gasteiger partial charge in [-0.25, -0.2) is 4.39 Å². The van der Waals surface area contributed by atoms with Crippen LogP contribution in [0.2, 0.25) is 0 Å². The van der Waals surface area contributed by atoms with E-state index in [0.717, 1.165) is 19.3 Å². The molecule has 1 amide bonds. The molecule has 0 unspecified atom stereocenters. The first-order chi connectivity index (χ1) is 17.0. The van der Waals surface area contributed by atoms with Crippen molar-refractivity contribution in [2.45, 2.75) is 50.3 Å². The summed E-state index contributed by atoms with van der Waals surface area (Å²) in [5, 5.41) is 2.62. The van der Waals surface area contributed by atoms with E-state index in [1.165, 1.54) is 49.2 Å². The topological polar surface area (TPSA) is 63.2 Å². The number of ketones is 2. The average Bonchev–Trinajstić information content (AvgIpc) is 2.87. The third-order valence-corrected chi connectivity index (χ3v) is 7.36. The number of nitrogens with one attached hydrogen (secondary N) is 1. The Hall–Kier alpha value is -3.25. The molecule has 0 bridgehead atoms. The van der Waals surface area contributed by atoms with E-state index in [1.54, 1.807) is 42.5 Å². The summed E-state index contributed by atoms with van der Waals surface area (Å²) in [7, 11) is 0. The summed E-state index contributed by atoms with van der Waals surface area (Å²) in [6.45, 7) is 2.18. The van der Waals surface area contributed by atoms with Gasteiger partial charge in [-0.2, -0.15) is 0 Å². The largest absolute Gasteiger partial charge is 0.319 e. The van der Waals surface area contributed by atoms with Crippen molar-refractivity contribution in [1.29, 1.82) is 0 Å². The van der Waals surface area contributed by atoms with Crippen molar-refractivity contribution in [3.63, 3.8) is 0 Å². The number of amides is 1. The highest BCUT2D eigenvalue weighted by molar-refractivity contribution is 7.99. The van der Waals surface area contributed by atoms with Crippen molar-refractivity contribution in [3.8, 4) is 0 Å². The maximum Gasteiger partial charge on any atom is 0.256 e. The zero-order valence-electron chi connectivity index (χ0n) is 19.7. The number of unbranched alkanes of at least 4 members (excludes halogenated alkanes) is 5. The van der Waals surface area contributed by atoms with Gasteiger partial charge in [0.15, 0.2) is 11.6 Å². The van der Waals surface area contributed by atoms with E-state index in [2.05, 4.69) is 12.2 Å². The molecule has 1 aliphatic rings. The maximum atomic E-state index is 14.2. The van der Waals surface area contributed by atoms with Gasteiger partial charge in [0.1, 0.15) is 5.82 Å². The normalized spacial score (nSPS) is 12.3. The number of halogens is 1. The molecular formula is C29H28FNO3S. The monoisotopic (exact) mass is 489 g/mol. The van der Waals surface area contributed by atoms with Crippen molar-refractivity contribution in [1.82, 2.24) is 0 Å². The minimum absolute atomic E-state index is 0.0647. The number of para-hydroxylation sites is 1. The minimum Gasteiger partial charge on any atom is -0.319 e. The molecular weight excluding hydrogens is 461 g/mol. The number of carbonyl (C=O) groups is 3. The Bertz CT molecular complexity index is 1270. The number of anilines is 1. The van der Waals surface area contributed by atoms with Crippen LogP contribution in [-0.4, -0.2) is 23.2 Å². The third kappa shape index (κ3) is 5.38. The van der Waals surface area contributed by atoms with Crippen LogP contribution in [0.1, 0.15) is 87.6 Å². The molecule has 0 spiro atoms. The SMILES string of the molecule is CCCCCCCCSc1c(C(=O)Nc2ccccc2F)ccc2c1C(=O)c1ccccc1C2=O. The molecule has 6 heteroatoms. The predicted molar refractivity (Wildman–Crippen MR) is 138 cm³/mol. The van der Waals surface area contributed by atoms with Crippen molar-refractivity contribution >= 4 is 34.9 Å². The standard InChI is InChI=1S/C29H28FNO3S/c1-2-3-4-5-6-11-18-35-28-22(29(34)31-24-15-10-9-14-23(24)30)17-16-21-25(28)27(33)20-13-8-7-12-19(20)26(21)32/h7-10,12-17H,2-6,11,18H2,1H3,(H,31,34). The highest BCUT2D eigenvalue weighted by atomic mass is 32.2. The first-order valence-electron chi connectivity index (χ1n) is 12.1. The summed E-state index contributed by atoms with van der Waals surface area (Å²) in [5.74, 6) is -0.826. The van der Waals surface area contributed by atoms with E-state index in [9.17, 15) is 18.8 Å². The lowest BCUT2D eigenvalue weighted by Gasteiger charge is -2.22. The lowest BCUT2D eigenvalue weighted by Crippen LogP contribution is -2.24. The minimum atomic E-state index is -0.541. The van der Waals surface area contributed by atoms with Crippen LogP contribution in [0.3, 0.4) is 0 Å². The molecule has 35 heavy (non-hydrogen) atoms. The fourth-order valence-corrected chi connectivity index (χ4v) is 5.51. The number of hydrogen-bond donors (Lipinski definition) is 1. The Morgan fingerprint density at radius 2 is 1.46 bits per heavy atom. The van der Waals surface area contributed by atoms with Crippen LogP contribution >= 0.6 is 11.8 Å². The smallest absolute Gasteiger partial charge is 0.256 e. The number of benzene rings is 3. The molecule has 0 aromatic heterocycles. The van der Waals surface area contributed by atoms with Gasteiger partial charge in [0.05, 0.1) is 11.3 Å². The van der Waals surface area contributed by atoms with Crippen LogP contribution < -0.4 is 5.32 Å². The zero-order valence-corrected chi connectivity index (χ0v) is 20.6. The van der Waals surface area contributed by atoms with Gasteiger partial charge in [-0.3, -0.25) is 14.4 Å². The van der Waals surface area contributed by atoms with Gasteiger partial charge in [-0.1, -0.05) is 75.4 Å². The third-order valence-electron chi connectivity index (χ3n) is 6.16. The highest BCUT2D eigenvalue weighted by Gasteiger charge is 2.33. The highest BCUT2D eigenvalue weighted by Crippen LogP contribution is 2.37. The molecule has 3 aromatic carbocycles. The Labute approximate surface area is 209 Å². The van der Waals surface area contributed by atoms with Crippen molar-refractivity contribution in [3.05, 3.63) is 94.3 Å². The van der Waals surface area contributed by atoms with Gasteiger partial charge in [-0.05, 0) is 36.4 Å². The van der Waals surface area contributed by atoms with E-state index in [1.807, 2.05) is 0 Å². The molecule has 4 rings (SSSR count). The molecule has 3 aromatic rings. The quantitative estimate of drug-likeness (QED) is 0.187. The second kappa shape index (κ2) is 11.5. The second-order valence-electron chi connectivity index (χ2n) is 8.62. The van der Waals surface area contributed by atoms with Crippen molar-refractivity contribution in [2.24, 2.45) is 0 Å². The van der Waals surface area contributed by atoms with Gasteiger partial charge < -0.3 is 5.32 Å².